The lowest BCUT2D eigenvalue weighted by Gasteiger charge is -2.35. The van der Waals surface area contributed by atoms with Crippen molar-refractivity contribution < 1.29 is 5.11 Å². The van der Waals surface area contributed by atoms with E-state index in [1.165, 1.54) is 11.1 Å². The van der Waals surface area contributed by atoms with Crippen LogP contribution in [-0.2, 0) is 0 Å². The van der Waals surface area contributed by atoms with Crippen LogP contribution in [0.1, 0.15) is 17.2 Å². The summed E-state index contributed by atoms with van der Waals surface area (Å²) in [5.74, 6) is 0. The molecule has 0 unspecified atom stereocenters. The Bertz CT molecular complexity index is 720. The minimum atomic E-state index is -0.00995. The molecule has 0 aliphatic carbocycles. The highest BCUT2D eigenvalue weighted by molar-refractivity contribution is 5.69. The predicted octanol–water partition coefficient (Wildman–Crippen LogP) is 3.86. The summed E-state index contributed by atoms with van der Waals surface area (Å²) < 4.78 is 0. The fraction of sp³-hybridized carbons (Fsp3) is 0.143. The SMILES string of the molecule is Nc1ccccc1N(CCO)C(c1ccccc1)c1ccccc1. The molecule has 3 nitrogen and oxygen atoms in total. The first-order valence-electron chi connectivity index (χ1n) is 8.13. The summed E-state index contributed by atoms with van der Waals surface area (Å²) >= 11 is 0. The van der Waals surface area contributed by atoms with Crippen LogP contribution in [0.5, 0.6) is 0 Å². The fourth-order valence-electron chi connectivity index (χ4n) is 3.07. The van der Waals surface area contributed by atoms with E-state index in [1.54, 1.807) is 0 Å². The van der Waals surface area contributed by atoms with Gasteiger partial charge in [-0.1, -0.05) is 72.8 Å². The number of nitrogens with two attached hydrogens (primary N) is 1. The minimum absolute atomic E-state index is 0.00995. The maximum absolute atomic E-state index is 9.65. The number of nitrogen functional groups attached to an aromatic ring is 1. The molecule has 0 spiro atoms. The normalized spacial score (nSPS) is 10.8. The Morgan fingerprint density at radius 1 is 0.750 bits per heavy atom. The van der Waals surface area contributed by atoms with Crippen molar-refractivity contribution in [2.45, 2.75) is 6.04 Å². The van der Waals surface area contributed by atoms with E-state index in [-0.39, 0.29) is 12.6 Å². The summed E-state index contributed by atoms with van der Waals surface area (Å²) in [5, 5.41) is 9.65. The third-order valence-corrected chi connectivity index (χ3v) is 4.13. The first kappa shape index (κ1) is 16.1. The molecule has 0 atom stereocenters. The van der Waals surface area contributed by atoms with Gasteiger partial charge in [-0.15, -0.1) is 0 Å². The topological polar surface area (TPSA) is 49.5 Å². The number of hydrogen-bond donors (Lipinski definition) is 2. The quantitative estimate of drug-likeness (QED) is 0.679. The number of anilines is 2. The van der Waals surface area contributed by atoms with Gasteiger partial charge < -0.3 is 15.7 Å². The van der Waals surface area contributed by atoms with Gasteiger partial charge in [-0.3, -0.25) is 0 Å². The zero-order chi connectivity index (χ0) is 16.8. The van der Waals surface area contributed by atoms with Crippen LogP contribution in [0.2, 0.25) is 0 Å². The van der Waals surface area contributed by atoms with Crippen molar-refractivity contribution >= 4 is 11.4 Å². The third kappa shape index (κ3) is 3.42. The van der Waals surface area contributed by atoms with Gasteiger partial charge in [0.15, 0.2) is 0 Å². The van der Waals surface area contributed by atoms with E-state index in [0.717, 1.165) is 5.69 Å². The van der Waals surface area contributed by atoms with Gasteiger partial charge in [0.25, 0.3) is 0 Å². The van der Waals surface area contributed by atoms with E-state index in [4.69, 9.17) is 5.73 Å². The molecule has 0 saturated carbocycles. The Morgan fingerprint density at radius 2 is 1.25 bits per heavy atom. The third-order valence-electron chi connectivity index (χ3n) is 4.13. The summed E-state index contributed by atoms with van der Waals surface area (Å²) in [5.41, 5.74) is 10.2. The molecule has 0 bridgehead atoms. The number of para-hydroxylation sites is 2. The zero-order valence-corrected chi connectivity index (χ0v) is 13.5. The van der Waals surface area contributed by atoms with Crippen molar-refractivity contribution in [3.63, 3.8) is 0 Å². The van der Waals surface area contributed by atoms with E-state index in [9.17, 15) is 5.11 Å². The van der Waals surface area contributed by atoms with Gasteiger partial charge in [0.05, 0.1) is 24.0 Å². The maximum Gasteiger partial charge on any atom is 0.0797 e. The van der Waals surface area contributed by atoms with Crippen molar-refractivity contribution in [3.05, 3.63) is 96.1 Å². The van der Waals surface area contributed by atoms with Crippen molar-refractivity contribution in [1.29, 1.82) is 0 Å². The van der Waals surface area contributed by atoms with E-state index in [0.29, 0.717) is 12.2 Å². The molecule has 3 rings (SSSR count). The van der Waals surface area contributed by atoms with Crippen molar-refractivity contribution in [2.24, 2.45) is 0 Å². The molecule has 0 fully saturated rings. The van der Waals surface area contributed by atoms with Gasteiger partial charge in [-0.05, 0) is 23.3 Å². The Morgan fingerprint density at radius 3 is 1.75 bits per heavy atom. The number of nitrogens with zero attached hydrogens (tertiary/aromatic N) is 1. The van der Waals surface area contributed by atoms with Crippen LogP contribution < -0.4 is 10.6 Å². The number of aliphatic hydroxyl groups is 1. The van der Waals surface area contributed by atoms with Gasteiger partial charge in [0.1, 0.15) is 0 Å². The molecule has 3 heteroatoms. The molecule has 0 aromatic heterocycles. The highest BCUT2D eigenvalue weighted by Gasteiger charge is 2.23. The average molecular weight is 318 g/mol. The van der Waals surface area contributed by atoms with E-state index < -0.39 is 0 Å². The number of benzene rings is 3. The predicted molar refractivity (Wildman–Crippen MR) is 100 cm³/mol. The lowest BCUT2D eigenvalue weighted by Crippen LogP contribution is -2.32. The lowest BCUT2D eigenvalue weighted by atomic mass is 9.96. The summed E-state index contributed by atoms with van der Waals surface area (Å²) in [7, 11) is 0. The van der Waals surface area contributed by atoms with Crippen LogP contribution in [-0.4, -0.2) is 18.3 Å². The van der Waals surface area contributed by atoms with Gasteiger partial charge in [-0.2, -0.15) is 0 Å². The molecule has 3 aromatic rings. The molecular weight excluding hydrogens is 296 g/mol. The molecule has 0 aliphatic heterocycles. The van der Waals surface area contributed by atoms with Crippen molar-refractivity contribution in [2.75, 3.05) is 23.8 Å². The van der Waals surface area contributed by atoms with Crippen molar-refractivity contribution in [1.82, 2.24) is 0 Å². The summed E-state index contributed by atoms with van der Waals surface area (Å²) in [6, 6.07) is 28.4. The molecule has 0 radical (unpaired) electrons. The second-order valence-corrected chi connectivity index (χ2v) is 5.70. The highest BCUT2D eigenvalue weighted by Crippen LogP contribution is 2.35. The number of hydrogen-bond acceptors (Lipinski definition) is 3. The van der Waals surface area contributed by atoms with Crippen LogP contribution in [0.4, 0.5) is 11.4 Å². The molecule has 122 valence electrons. The largest absolute Gasteiger partial charge is 0.397 e. The minimum Gasteiger partial charge on any atom is -0.397 e. The molecule has 24 heavy (non-hydrogen) atoms. The monoisotopic (exact) mass is 318 g/mol. The Hall–Kier alpha value is -2.78. The average Bonchev–Trinajstić information content (AvgIpc) is 2.64. The van der Waals surface area contributed by atoms with Crippen LogP contribution in [0.25, 0.3) is 0 Å². The molecule has 3 aromatic carbocycles. The molecule has 3 N–H and O–H groups in total. The summed E-state index contributed by atoms with van der Waals surface area (Å²) in [6.07, 6.45) is 0. The van der Waals surface area contributed by atoms with Gasteiger partial charge >= 0.3 is 0 Å². The first-order chi connectivity index (χ1) is 11.8. The molecule has 0 amide bonds. The molecule has 0 heterocycles. The molecule has 0 aliphatic rings. The van der Waals surface area contributed by atoms with Crippen molar-refractivity contribution in [3.8, 4) is 0 Å². The highest BCUT2D eigenvalue weighted by atomic mass is 16.3. The smallest absolute Gasteiger partial charge is 0.0797 e. The Labute approximate surface area is 143 Å². The van der Waals surface area contributed by atoms with Crippen LogP contribution >= 0.6 is 0 Å². The lowest BCUT2D eigenvalue weighted by molar-refractivity contribution is 0.299. The zero-order valence-electron chi connectivity index (χ0n) is 13.5. The number of aliphatic hydroxyl groups excluding tert-OH is 1. The fourth-order valence-corrected chi connectivity index (χ4v) is 3.07. The van der Waals surface area contributed by atoms with E-state index in [2.05, 4.69) is 29.2 Å². The Balaban J connectivity index is 2.13. The van der Waals surface area contributed by atoms with Crippen LogP contribution in [0.3, 0.4) is 0 Å². The van der Waals surface area contributed by atoms with E-state index >= 15 is 0 Å². The van der Waals surface area contributed by atoms with E-state index in [1.807, 2.05) is 60.7 Å². The summed E-state index contributed by atoms with van der Waals surface area (Å²) in [6.45, 7) is 0.563. The first-order valence-corrected chi connectivity index (χ1v) is 8.13. The van der Waals surface area contributed by atoms with Gasteiger partial charge in [0.2, 0.25) is 0 Å². The van der Waals surface area contributed by atoms with Crippen LogP contribution in [0.15, 0.2) is 84.9 Å². The molecule has 0 saturated heterocycles. The second kappa shape index (κ2) is 7.66. The van der Waals surface area contributed by atoms with Gasteiger partial charge in [-0.25, -0.2) is 0 Å². The standard InChI is InChI=1S/C21H22N2O/c22-19-13-7-8-14-20(19)23(15-16-24)21(17-9-3-1-4-10-17)18-11-5-2-6-12-18/h1-14,21,24H,15-16,22H2. The molecular formula is C21H22N2O. The maximum atomic E-state index is 9.65. The van der Waals surface area contributed by atoms with Crippen LogP contribution in [0, 0.1) is 0 Å². The van der Waals surface area contributed by atoms with Gasteiger partial charge in [0, 0.05) is 6.54 Å². The second-order valence-electron chi connectivity index (χ2n) is 5.70. The summed E-state index contributed by atoms with van der Waals surface area (Å²) in [4.78, 5) is 2.17. The number of rotatable bonds is 6. The Kier molecular flexibility index (Phi) is 5.14.